The Morgan fingerprint density at radius 2 is 0.907 bits per heavy atom. The first-order valence-electron chi connectivity index (χ1n) is 17.6. The molecular weight excluding hydrogens is 649 g/mol. The molecule has 0 aromatic heterocycles. The fourth-order valence-corrected chi connectivity index (χ4v) is 24.8. The van der Waals surface area contributed by atoms with Crippen LogP contribution in [0.25, 0.3) is 0 Å². The summed E-state index contributed by atoms with van der Waals surface area (Å²) in [6.45, 7) is 25.8. The van der Waals surface area contributed by atoms with E-state index in [4.69, 9.17) is 12.3 Å². The van der Waals surface area contributed by atoms with Crippen LogP contribution in [0.5, 0.6) is 0 Å². The highest BCUT2D eigenvalue weighted by Crippen LogP contribution is 2.26. The van der Waals surface area contributed by atoms with Crippen LogP contribution in [-0.2, 0) is 23.1 Å². The fraction of sp³-hybridized carbons (Fsp3) is 0.812. The lowest BCUT2D eigenvalue weighted by Crippen LogP contribution is -2.53. The van der Waals surface area contributed by atoms with Crippen molar-refractivity contribution < 1.29 is 16.6 Å². The van der Waals surface area contributed by atoms with Gasteiger partial charge in [-0.1, -0.05) is 138 Å². The molecular formula is C32H70O4SSi6. The van der Waals surface area contributed by atoms with Crippen LogP contribution < -0.4 is 10.4 Å². The van der Waals surface area contributed by atoms with Gasteiger partial charge in [0.15, 0.2) is 27.1 Å². The van der Waals surface area contributed by atoms with Crippen LogP contribution >= 0.6 is 0 Å². The van der Waals surface area contributed by atoms with Gasteiger partial charge in [0.1, 0.15) is 0 Å². The van der Waals surface area contributed by atoms with E-state index in [1.165, 1.54) is 63.5 Å². The van der Waals surface area contributed by atoms with Crippen LogP contribution in [0.3, 0.4) is 0 Å². The molecule has 0 radical (unpaired) electrons. The molecule has 0 aliphatic rings. The topological polar surface area (TPSA) is 44.8 Å². The van der Waals surface area contributed by atoms with Gasteiger partial charge in [0.25, 0.3) is 0 Å². The van der Waals surface area contributed by atoms with E-state index in [0.717, 1.165) is 30.4 Å². The first kappa shape index (κ1) is 41.6. The fourth-order valence-electron chi connectivity index (χ4n) is 5.96. The molecule has 0 fully saturated rings. The summed E-state index contributed by atoms with van der Waals surface area (Å²) in [6, 6.07) is 13.6. The molecule has 0 aliphatic carbocycles. The summed E-state index contributed by atoms with van der Waals surface area (Å²) in [5, 5.41) is 3.21. The zero-order valence-corrected chi connectivity index (χ0v) is 37.5. The van der Waals surface area contributed by atoms with Gasteiger partial charge < -0.3 is 12.3 Å². The van der Waals surface area contributed by atoms with Gasteiger partial charge >= 0.3 is 8.80 Å². The van der Waals surface area contributed by atoms with E-state index >= 15 is 0 Å². The highest BCUT2D eigenvalue weighted by Gasteiger charge is 2.43. The number of hydrogen-bond donors (Lipinski definition) is 0. The number of benzene rings is 1. The minimum Gasteiger partial charge on any atom is -0.420 e. The van der Waals surface area contributed by atoms with E-state index in [2.05, 4.69) is 89.7 Å². The van der Waals surface area contributed by atoms with Gasteiger partial charge in [-0.05, 0) is 45.7 Å². The minimum absolute atomic E-state index is 0.578. The monoisotopic (exact) mass is 718 g/mol. The van der Waals surface area contributed by atoms with E-state index in [-0.39, 0.29) is 0 Å². The third-order valence-electron chi connectivity index (χ3n) is 8.47. The Labute approximate surface area is 278 Å². The van der Waals surface area contributed by atoms with Crippen molar-refractivity contribution in [2.75, 3.05) is 11.5 Å². The van der Waals surface area contributed by atoms with Crippen LogP contribution in [0.2, 0.25) is 83.6 Å². The number of rotatable bonds is 25. The lowest BCUT2D eigenvalue weighted by molar-refractivity contribution is 0.267. The van der Waals surface area contributed by atoms with Crippen molar-refractivity contribution in [3.8, 4) is 0 Å². The molecule has 0 bridgehead atoms. The molecule has 0 amide bonds. The Balaban J connectivity index is 2.53. The second-order valence-electron chi connectivity index (χ2n) is 14.7. The normalized spacial score (nSPS) is 13.9. The summed E-state index contributed by atoms with van der Waals surface area (Å²) in [5.41, 5.74) is 0. The Kier molecular flexibility index (Phi) is 20.7. The Hall–Kier alpha value is 0.551. The molecule has 11 heteroatoms. The molecule has 0 saturated carbocycles. The molecule has 1 aromatic rings. The lowest BCUT2D eigenvalue weighted by atomic mass is 10.1. The maximum atomic E-state index is 11.5. The predicted molar refractivity (Wildman–Crippen MR) is 210 cm³/mol. The standard InChI is InChI=1S/C32H70O4SSi6/c1-12-37(33)27-20-18-16-14-13-15-17-19-21-28-41(8,9)31-23-25-32(26-24-31)42(10,11)29-22-30-43(34-38(2)3,35-39(4)5)36-40(6)7/h23-26,38-40H,12-22,27-30H2,1-11H3. The summed E-state index contributed by atoms with van der Waals surface area (Å²) >= 11 is 0. The minimum atomic E-state index is -2.55. The van der Waals surface area contributed by atoms with Crippen LogP contribution in [-0.4, -0.2) is 67.8 Å². The quantitative estimate of drug-likeness (QED) is 0.0757. The number of unbranched alkanes of at least 4 members (excludes halogenated alkanes) is 8. The molecule has 1 atom stereocenters. The molecule has 1 aromatic carbocycles. The largest absolute Gasteiger partial charge is 0.468 e. The highest BCUT2D eigenvalue weighted by molar-refractivity contribution is 7.84. The van der Waals surface area contributed by atoms with Crippen molar-refractivity contribution >= 4 is 73.2 Å². The van der Waals surface area contributed by atoms with Crippen LogP contribution in [0.1, 0.15) is 71.1 Å². The van der Waals surface area contributed by atoms with E-state index in [0.29, 0.717) is 0 Å². The van der Waals surface area contributed by atoms with Gasteiger partial charge in [-0.25, -0.2) is 0 Å². The molecule has 1 unspecified atom stereocenters. The summed E-state index contributed by atoms with van der Waals surface area (Å²) in [7, 11) is -9.81. The van der Waals surface area contributed by atoms with Crippen molar-refractivity contribution in [1.82, 2.24) is 0 Å². The smallest absolute Gasteiger partial charge is 0.420 e. The highest BCUT2D eigenvalue weighted by atomic mass is 32.2. The van der Waals surface area contributed by atoms with E-state index in [1.807, 2.05) is 6.92 Å². The molecule has 0 spiro atoms. The molecule has 43 heavy (non-hydrogen) atoms. The molecule has 252 valence electrons. The average Bonchev–Trinajstić information content (AvgIpc) is 2.90. The number of hydrogen-bond acceptors (Lipinski definition) is 4. The van der Waals surface area contributed by atoms with Gasteiger partial charge in [-0.2, -0.15) is 0 Å². The summed E-state index contributed by atoms with van der Waals surface area (Å²) < 4.78 is 31.4. The molecule has 0 aliphatic heterocycles. The molecule has 0 N–H and O–H groups in total. The second kappa shape index (κ2) is 21.4. The first-order chi connectivity index (χ1) is 20.1. The van der Waals surface area contributed by atoms with Gasteiger partial charge in [-0.15, -0.1) is 0 Å². The zero-order chi connectivity index (χ0) is 32.5. The van der Waals surface area contributed by atoms with Crippen molar-refractivity contribution in [1.29, 1.82) is 0 Å². The molecule has 4 nitrogen and oxygen atoms in total. The Morgan fingerprint density at radius 3 is 1.28 bits per heavy atom. The van der Waals surface area contributed by atoms with E-state index in [1.54, 1.807) is 10.4 Å². The predicted octanol–water partition coefficient (Wildman–Crippen LogP) is 8.13. The molecule has 0 heterocycles. The Bertz CT molecular complexity index is 870. The van der Waals surface area contributed by atoms with Gasteiger partial charge in [-0.3, -0.25) is 4.21 Å². The Morgan fingerprint density at radius 1 is 0.558 bits per heavy atom. The van der Waals surface area contributed by atoms with Crippen molar-refractivity contribution in [3.63, 3.8) is 0 Å². The van der Waals surface area contributed by atoms with Gasteiger partial charge in [0, 0.05) is 28.3 Å². The molecule has 0 saturated heterocycles. The summed E-state index contributed by atoms with van der Waals surface area (Å²) in [5.74, 6) is 1.72. The van der Waals surface area contributed by atoms with E-state index < -0.39 is 62.9 Å². The van der Waals surface area contributed by atoms with Crippen molar-refractivity contribution in [2.45, 2.75) is 155 Å². The third kappa shape index (κ3) is 17.9. The van der Waals surface area contributed by atoms with Gasteiger partial charge in [0.05, 0.1) is 16.1 Å². The van der Waals surface area contributed by atoms with Crippen molar-refractivity contribution in [2.24, 2.45) is 0 Å². The van der Waals surface area contributed by atoms with Crippen molar-refractivity contribution in [3.05, 3.63) is 24.3 Å². The summed E-state index contributed by atoms with van der Waals surface area (Å²) in [6.07, 6.45) is 13.1. The summed E-state index contributed by atoms with van der Waals surface area (Å²) in [4.78, 5) is 0. The SMILES string of the molecule is CCS(=O)CCCCCCCCCCC[Si](C)(C)c1ccc([Si](C)(C)CCC[Si](O[SiH](C)C)(O[SiH](C)C)O[SiH](C)C)cc1. The van der Waals surface area contributed by atoms with Gasteiger partial charge in [0.2, 0.25) is 0 Å². The first-order valence-corrected chi connectivity index (χ1v) is 35.8. The average molecular weight is 719 g/mol. The van der Waals surface area contributed by atoms with E-state index in [9.17, 15) is 4.21 Å². The van der Waals surface area contributed by atoms with Crippen LogP contribution in [0, 0.1) is 0 Å². The second-order valence-corrected chi connectivity index (χ2v) is 37.3. The van der Waals surface area contributed by atoms with Crippen LogP contribution in [0.4, 0.5) is 0 Å². The molecule has 1 rings (SSSR count). The maximum absolute atomic E-state index is 11.5. The zero-order valence-electron chi connectivity index (χ0n) is 30.2. The third-order valence-corrected chi connectivity index (χ3v) is 27.8. The van der Waals surface area contributed by atoms with Crippen LogP contribution in [0.15, 0.2) is 24.3 Å². The maximum Gasteiger partial charge on any atom is 0.468 e. The lowest BCUT2D eigenvalue weighted by Gasteiger charge is -2.36.